The van der Waals surface area contributed by atoms with Gasteiger partial charge in [-0.1, -0.05) is 0 Å². The van der Waals surface area contributed by atoms with Crippen molar-refractivity contribution in [1.29, 1.82) is 0 Å². The Bertz CT molecular complexity index is 708. The van der Waals surface area contributed by atoms with Gasteiger partial charge >= 0.3 is 0 Å². The molecular formula is C19H26N6O. The average Bonchev–Trinajstić information content (AvgIpc) is 2.75. The zero-order valence-corrected chi connectivity index (χ0v) is 15.3. The summed E-state index contributed by atoms with van der Waals surface area (Å²) in [4.78, 5) is 11.7. The Balaban J connectivity index is 1.39. The molecule has 0 spiro atoms. The third kappa shape index (κ3) is 3.66. The van der Waals surface area contributed by atoms with Crippen LogP contribution in [0, 0.1) is 0 Å². The fourth-order valence-corrected chi connectivity index (χ4v) is 3.65. The molecule has 0 atom stereocenters. The summed E-state index contributed by atoms with van der Waals surface area (Å²) in [5.41, 5.74) is 1.23. The van der Waals surface area contributed by atoms with Gasteiger partial charge in [-0.2, -0.15) is 10.1 Å². The Morgan fingerprint density at radius 3 is 2.19 bits per heavy atom. The van der Waals surface area contributed by atoms with Gasteiger partial charge in [0, 0.05) is 45.0 Å². The van der Waals surface area contributed by atoms with Gasteiger partial charge < -0.3 is 19.4 Å². The van der Waals surface area contributed by atoms with Crippen molar-refractivity contribution in [3.8, 4) is 5.75 Å². The molecule has 0 saturated carbocycles. The summed E-state index contributed by atoms with van der Waals surface area (Å²) in [6.45, 7) is 5.84. The van der Waals surface area contributed by atoms with Crippen LogP contribution in [0.15, 0.2) is 30.5 Å². The van der Waals surface area contributed by atoms with E-state index in [9.17, 15) is 0 Å². The summed E-state index contributed by atoms with van der Waals surface area (Å²) in [7, 11) is 1.69. The summed E-state index contributed by atoms with van der Waals surface area (Å²) >= 11 is 0. The van der Waals surface area contributed by atoms with E-state index in [1.807, 2.05) is 12.1 Å². The van der Waals surface area contributed by atoms with E-state index in [-0.39, 0.29) is 0 Å². The largest absolute Gasteiger partial charge is 0.497 e. The molecule has 2 aliphatic heterocycles. The molecule has 0 amide bonds. The lowest BCUT2D eigenvalue weighted by Crippen LogP contribution is -2.47. The summed E-state index contributed by atoms with van der Waals surface area (Å²) in [5.74, 6) is 2.61. The van der Waals surface area contributed by atoms with E-state index < -0.39 is 0 Å². The van der Waals surface area contributed by atoms with E-state index in [4.69, 9.17) is 9.72 Å². The van der Waals surface area contributed by atoms with Gasteiger partial charge in [-0.15, -0.1) is 5.10 Å². The summed E-state index contributed by atoms with van der Waals surface area (Å²) < 4.78 is 5.24. The van der Waals surface area contributed by atoms with Crippen LogP contribution in [-0.4, -0.2) is 61.6 Å². The fourth-order valence-electron chi connectivity index (χ4n) is 3.65. The lowest BCUT2D eigenvalue weighted by Gasteiger charge is -2.36. The summed E-state index contributed by atoms with van der Waals surface area (Å²) in [6, 6.07) is 8.25. The molecule has 2 fully saturated rings. The predicted octanol–water partition coefficient (Wildman–Crippen LogP) is 2.20. The van der Waals surface area contributed by atoms with Crippen molar-refractivity contribution >= 4 is 17.5 Å². The van der Waals surface area contributed by atoms with Crippen LogP contribution >= 0.6 is 0 Å². The third-order valence-corrected chi connectivity index (χ3v) is 5.22. The van der Waals surface area contributed by atoms with Crippen LogP contribution in [0.5, 0.6) is 5.75 Å². The molecule has 3 heterocycles. The van der Waals surface area contributed by atoms with Gasteiger partial charge in [-0.3, -0.25) is 0 Å². The highest BCUT2D eigenvalue weighted by Crippen LogP contribution is 2.23. The molecule has 2 saturated heterocycles. The number of ether oxygens (including phenoxy) is 1. The third-order valence-electron chi connectivity index (χ3n) is 5.22. The highest BCUT2D eigenvalue weighted by Gasteiger charge is 2.21. The Kier molecular flexibility index (Phi) is 5.04. The number of anilines is 3. The van der Waals surface area contributed by atoms with Crippen LogP contribution in [0.1, 0.15) is 19.3 Å². The minimum atomic E-state index is 0.752. The second-order valence-corrected chi connectivity index (χ2v) is 6.83. The van der Waals surface area contributed by atoms with Gasteiger partial charge in [0.15, 0.2) is 5.82 Å². The predicted molar refractivity (Wildman–Crippen MR) is 103 cm³/mol. The second-order valence-electron chi connectivity index (χ2n) is 6.83. The SMILES string of the molecule is COc1ccc(N2CCN(c3nncc(N4CCCCC4)n3)CC2)cc1. The first kappa shape index (κ1) is 16.9. The Morgan fingerprint density at radius 2 is 1.50 bits per heavy atom. The first-order valence-electron chi connectivity index (χ1n) is 9.42. The first-order valence-corrected chi connectivity index (χ1v) is 9.42. The van der Waals surface area contributed by atoms with Crippen LogP contribution in [0.25, 0.3) is 0 Å². The van der Waals surface area contributed by atoms with E-state index >= 15 is 0 Å². The lowest BCUT2D eigenvalue weighted by molar-refractivity contribution is 0.415. The monoisotopic (exact) mass is 354 g/mol. The number of benzene rings is 1. The zero-order valence-electron chi connectivity index (χ0n) is 15.3. The van der Waals surface area contributed by atoms with Crippen molar-refractivity contribution in [1.82, 2.24) is 15.2 Å². The number of methoxy groups -OCH3 is 1. The topological polar surface area (TPSA) is 57.6 Å². The number of piperidine rings is 1. The molecule has 26 heavy (non-hydrogen) atoms. The number of hydrogen-bond donors (Lipinski definition) is 0. The molecule has 0 bridgehead atoms. The van der Waals surface area contributed by atoms with E-state index in [0.717, 1.165) is 56.8 Å². The zero-order chi connectivity index (χ0) is 17.8. The molecule has 7 nitrogen and oxygen atoms in total. The average molecular weight is 354 g/mol. The van der Waals surface area contributed by atoms with Crippen molar-refractivity contribution in [3.63, 3.8) is 0 Å². The molecule has 1 aromatic carbocycles. The van der Waals surface area contributed by atoms with Gasteiger partial charge in [0.2, 0.25) is 5.95 Å². The van der Waals surface area contributed by atoms with Gasteiger partial charge in [0.05, 0.1) is 13.3 Å². The normalized spacial score (nSPS) is 18.1. The standard InChI is InChI=1S/C19H26N6O/c1-26-17-7-5-16(6-8-17)23-11-13-25(14-12-23)19-21-18(15-20-22-19)24-9-3-2-4-10-24/h5-8,15H,2-4,9-14H2,1H3. The Labute approximate surface area is 154 Å². The molecule has 0 unspecified atom stereocenters. The Hall–Kier alpha value is -2.57. The molecule has 4 rings (SSSR count). The van der Waals surface area contributed by atoms with E-state index in [2.05, 4.69) is 37.0 Å². The van der Waals surface area contributed by atoms with Gasteiger partial charge in [-0.25, -0.2) is 0 Å². The molecule has 2 aliphatic rings. The van der Waals surface area contributed by atoms with Crippen LogP contribution in [0.2, 0.25) is 0 Å². The molecule has 0 radical (unpaired) electrons. The number of aromatic nitrogens is 3. The van der Waals surface area contributed by atoms with Crippen molar-refractivity contribution in [2.24, 2.45) is 0 Å². The number of nitrogens with zero attached hydrogens (tertiary/aromatic N) is 6. The minimum Gasteiger partial charge on any atom is -0.497 e. The molecule has 0 aliphatic carbocycles. The van der Waals surface area contributed by atoms with Crippen LogP contribution in [0.3, 0.4) is 0 Å². The number of rotatable bonds is 4. The molecule has 2 aromatic rings. The summed E-state index contributed by atoms with van der Waals surface area (Å²) in [6.07, 6.45) is 5.58. The van der Waals surface area contributed by atoms with Crippen LogP contribution < -0.4 is 19.4 Å². The quantitative estimate of drug-likeness (QED) is 0.834. The smallest absolute Gasteiger partial charge is 0.247 e. The van der Waals surface area contributed by atoms with Crippen molar-refractivity contribution in [2.45, 2.75) is 19.3 Å². The number of piperazine rings is 1. The van der Waals surface area contributed by atoms with Gasteiger partial charge in [0.1, 0.15) is 5.75 Å². The highest BCUT2D eigenvalue weighted by molar-refractivity contribution is 5.51. The highest BCUT2D eigenvalue weighted by atomic mass is 16.5. The van der Waals surface area contributed by atoms with Gasteiger partial charge in [-0.05, 0) is 43.5 Å². The van der Waals surface area contributed by atoms with Gasteiger partial charge in [0.25, 0.3) is 0 Å². The van der Waals surface area contributed by atoms with Crippen molar-refractivity contribution < 1.29 is 4.74 Å². The van der Waals surface area contributed by atoms with Crippen molar-refractivity contribution in [2.75, 3.05) is 61.1 Å². The van der Waals surface area contributed by atoms with E-state index in [1.54, 1.807) is 13.3 Å². The molecular weight excluding hydrogens is 328 g/mol. The summed E-state index contributed by atoms with van der Waals surface area (Å²) in [5, 5.41) is 8.49. The maximum atomic E-state index is 5.24. The molecule has 0 N–H and O–H groups in total. The van der Waals surface area contributed by atoms with E-state index in [1.165, 1.54) is 24.9 Å². The molecule has 138 valence electrons. The lowest BCUT2D eigenvalue weighted by atomic mass is 10.1. The number of hydrogen-bond acceptors (Lipinski definition) is 7. The molecule has 7 heteroatoms. The van der Waals surface area contributed by atoms with E-state index in [0.29, 0.717) is 0 Å². The van der Waals surface area contributed by atoms with Crippen LogP contribution in [-0.2, 0) is 0 Å². The second kappa shape index (κ2) is 7.76. The minimum absolute atomic E-state index is 0.752. The fraction of sp³-hybridized carbons (Fsp3) is 0.526. The van der Waals surface area contributed by atoms with Crippen LogP contribution in [0.4, 0.5) is 17.5 Å². The maximum Gasteiger partial charge on any atom is 0.247 e. The Morgan fingerprint density at radius 1 is 0.808 bits per heavy atom. The molecule has 1 aromatic heterocycles. The first-order chi connectivity index (χ1) is 12.8. The van der Waals surface area contributed by atoms with Crippen molar-refractivity contribution in [3.05, 3.63) is 30.5 Å². The maximum absolute atomic E-state index is 5.24.